The molecule has 3 rings (SSSR count). The van der Waals surface area contributed by atoms with Gasteiger partial charge in [-0.1, -0.05) is 0 Å². The molecule has 0 aliphatic carbocycles. The molecule has 0 saturated carbocycles. The van der Waals surface area contributed by atoms with Crippen LogP contribution in [-0.4, -0.2) is 27.4 Å². The molecule has 1 aromatic carbocycles. The molecule has 0 fully saturated rings. The number of ether oxygens (including phenoxy) is 1. The molecular weight excluding hydrogens is 313 g/mol. The Balaban J connectivity index is 2.41. The molecule has 24 heavy (non-hydrogen) atoms. The highest BCUT2D eigenvalue weighted by Gasteiger charge is 2.19. The lowest BCUT2D eigenvalue weighted by atomic mass is 10.1. The summed E-state index contributed by atoms with van der Waals surface area (Å²) in [5.74, 6) is -0.349. The lowest BCUT2D eigenvalue weighted by molar-refractivity contribution is 0.188. The fourth-order valence-electron chi connectivity index (χ4n) is 2.87. The number of aromatic nitrogens is 3. The molecule has 0 atom stereocenters. The molecule has 0 aliphatic heterocycles. The first-order chi connectivity index (χ1) is 11.5. The van der Waals surface area contributed by atoms with Crippen molar-refractivity contribution in [2.45, 2.75) is 6.54 Å². The summed E-state index contributed by atoms with van der Waals surface area (Å²) in [5, 5.41) is 0.433. The number of rotatable bonds is 4. The van der Waals surface area contributed by atoms with Crippen molar-refractivity contribution in [2.75, 3.05) is 13.7 Å². The van der Waals surface area contributed by atoms with E-state index in [1.54, 1.807) is 32.5 Å². The minimum Gasteiger partial charge on any atom is -0.383 e. The molecule has 0 aliphatic rings. The third-order valence-electron chi connectivity index (χ3n) is 4.17. The van der Waals surface area contributed by atoms with E-state index in [4.69, 9.17) is 4.74 Å². The summed E-state index contributed by atoms with van der Waals surface area (Å²) >= 11 is 0. The van der Waals surface area contributed by atoms with Crippen molar-refractivity contribution in [3.05, 3.63) is 57.1 Å². The molecule has 0 amide bonds. The van der Waals surface area contributed by atoms with Gasteiger partial charge >= 0.3 is 5.69 Å². The van der Waals surface area contributed by atoms with E-state index in [1.165, 1.54) is 23.7 Å². The van der Waals surface area contributed by atoms with Gasteiger partial charge in [-0.25, -0.2) is 9.18 Å². The van der Waals surface area contributed by atoms with E-state index in [1.807, 2.05) is 4.57 Å². The molecule has 0 bridgehead atoms. The zero-order chi connectivity index (χ0) is 17.4. The third kappa shape index (κ3) is 2.46. The molecule has 0 unspecified atom stereocenters. The van der Waals surface area contributed by atoms with Gasteiger partial charge in [0, 0.05) is 33.9 Å². The quantitative estimate of drug-likeness (QED) is 0.728. The standard InChI is InChI=1S/C17H18FN3O3/c1-19-13-10-21(8-9-24-3)15(11-4-6-12(18)7-5-11)14(13)16(22)20(2)17(19)23/h4-7,10H,8-9H2,1-3H3. The lowest BCUT2D eigenvalue weighted by Gasteiger charge is -2.09. The van der Waals surface area contributed by atoms with Crippen molar-refractivity contribution in [3.63, 3.8) is 0 Å². The van der Waals surface area contributed by atoms with Gasteiger partial charge in [-0.2, -0.15) is 0 Å². The van der Waals surface area contributed by atoms with E-state index in [9.17, 15) is 14.0 Å². The number of nitrogens with zero attached hydrogens (tertiary/aromatic N) is 3. The highest BCUT2D eigenvalue weighted by atomic mass is 19.1. The number of methoxy groups -OCH3 is 1. The van der Waals surface area contributed by atoms with Crippen molar-refractivity contribution in [3.8, 4) is 11.3 Å². The largest absolute Gasteiger partial charge is 0.383 e. The highest BCUT2D eigenvalue weighted by Crippen LogP contribution is 2.28. The first kappa shape index (κ1) is 16.2. The second-order valence-electron chi connectivity index (χ2n) is 5.64. The summed E-state index contributed by atoms with van der Waals surface area (Å²) in [6, 6.07) is 5.94. The van der Waals surface area contributed by atoms with Gasteiger partial charge in [0.15, 0.2) is 0 Å². The van der Waals surface area contributed by atoms with Crippen LogP contribution in [0.25, 0.3) is 22.2 Å². The smallest absolute Gasteiger partial charge is 0.330 e. The Morgan fingerprint density at radius 3 is 2.38 bits per heavy atom. The van der Waals surface area contributed by atoms with Crippen molar-refractivity contribution >= 4 is 10.9 Å². The summed E-state index contributed by atoms with van der Waals surface area (Å²) in [5.41, 5.74) is 1.14. The van der Waals surface area contributed by atoms with Crippen molar-refractivity contribution in [1.29, 1.82) is 0 Å². The van der Waals surface area contributed by atoms with Crippen LogP contribution in [0.4, 0.5) is 4.39 Å². The summed E-state index contributed by atoms with van der Waals surface area (Å²) in [4.78, 5) is 24.8. The van der Waals surface area contributed by atoms with Gasteiger partial charge in [0.2, 0.25) is 0 Å². The van der Waals surface area contributed by atoms with Gasteiger partial charge in [-0.05, 0) is 29.8 Å². The Bertz CT molecular complexity index is 1010. The Labute approximate surface area is 137 Å². The van der Waals surface area contributed by atoms with Crippen molar-refractivity contribution in [2.24, 2.45) is 14.1 Å². The van der Waals surface area contributed by atoms with Crippen LogP contribution in [-0.2, 0) is 25.4 Å². The molecule has 126 valence electrons. The second-order valence-corrected chi connectivity index (χ2v) is 5.64. The maximum Gasteiger partial charge on any atom is 0.330 e. The fraction of sp³-hybridized carbons (Fsp3) is 0.294. The Hall–Kier alpha value is -2.67. The van der Waals surface area contributed by atoms with E-state index in [0.717, 1.165) is 4.57 Å². The lowest BCUT2D eigenvalue weighted by Crippen LogP contribution is -2.36. The normalized spacial score (nSPS) is 11.3. The minimum absolute atomic E-state index is 0.349. The number of halogens is 1. The number of fused-ring (bicyclic) bond motifs is 1. The van der Waals surface area contributed by atoms with Gasteiger partial charge in [-0.15, -0.1) is 0 Å². The van der Waals surface area contributed by atoms with Crippen molar-refractivity contribution in [1.82, 2.24) is 13.7 Å². The van der Waals surface area contributed by atoms with Crippen LogP contribution in [0.1, 0.15) is 0 Å². The average Bonchev–Trinajstić information content (AvgIpc) is 2.96. The maximum atomic E-state index is 13.3. The predicted molar refractivity (Wildman–Crippen MR) is 89.7 cm³/mol. The number of hydrogen-bond donors (Lipinski definition) is 0. The summed E-state index contributed by atoms with van der Waals surface area (Å²) in [6.45, 7) is 0.957. The van der Waals surface area contributed by atoms with Gasteiger partial charge in [0.25, 0.3) is 5.56 Å². The zero-order valence-electron chi connectivity index (χ0n) is 13.7. The first-order valence-electron chi connectivity index (χ1n) is 7.49. The van der Waals surface area contributed by atoms with E-state index in [-0.39, 0.29) is 17.1 Å². The Kier molecular flexibility index (Phi) is 4.11. The summed E-state index contributed by atoms with van der Waals surface area (Å²) < 4.78 is 22.8. The topological polar surface area (TPSA) is 58.2 Å². The molecule has 3 aromatic rings. The molecule has 6 nitrogen and oxygen atoms in total. The third-order valence-corrected chi connectivity index (χ3v) is 4.17. The molecule has 7 heteroatoms. The molecule has 2 heterocycles. The van der Waals surface area contributed by atoms with Gasteiger partial charge in [0.1, 0.15) is 5.82 Å². The van der Waals surface area contributed by atoms with Crippen LogP contribution < -0.4 is 11.2 Å². The zero-order valence-corrected chi connectivity index (χ0v) is 13.7. The Morgan fingerprint density at radius 2 is 1.75 bits per heavy atom. The van der Waals surface area contributed by atoms with Gasteiger partial charge in [0.05, 0.1) is 23.2 Å². The molecule has 2 aromatic heterocycles. The highest BCUT2D eigenvalue weighted by molar-refractivity contribution is 5.93. The van der Waals surface area contributed by atoms with E-state index < -0.39 is 0 Å². The van der Waals surface area contributed by atoms with E-state index in [0.29, 0.717) is 35.3 Å². The van der Waals surface area contributed by atoms with Crippen LogP contribution in [0.3, 0.4) is 0 Å². The monoisotopic (exact) mass is 331 g/mol. The number of aryl methyl sites for hydroxylation is 1. The van der Waals surface area contributed by atoms with Gasteiger partial charge in [-0.3, -0.25) is 13.9 Å². The molecule has 0 N–H and O–H groups in total. The SMILES string of the molecule is COCCn1cc2c(c1-c1ccc(F)cc1)c(=O)n(C)c(=O)n2C. The Morgan fingerprint density at radius 1 is 1.08 bits per heavy atom. The van der Waals surface area contributed by atoms with Crippen LogP contribution in [0, 0.1) is 5.82 Å². The predicted octanol–water partition coefficient (Wildman–Crippen LogP) is 1.49. The average molecular weight is 331 g/mol. The van der Waals surface area contributed by atoms with Gasteiger partial charge < -0.3 is 9.30 Å². The number of benzene rings is 1. The summed E-state index contributed by atoms with van der Waals surface area (Å²) in [7, 11) is 4.67. The summed E-state index contributed by atoms with van der Waals surface area (Å²) in [6.07, 6.45) is 1.76. The number of hydrogen-bond acceptors (Lipinski definition) is 3. The van der Waals surface area contributed by atoms with Crippen LogP contribution in [0.15, 0.2) is 40.1 Å². The van der Waals surface area contributed by atoms with E-state index >= 15 is 0 Å². The second kappa shape index (κ2) is 6.09. The minimum atomic E-state index is -0.387. The van der Waals surface area contributed by atoms with Crippen LogP contribution in [0.5, 0.6) is 0 Å². The van der Waals surface area contributed by atoms with E-state index in [2.05, 4.69) is 0 Å². The van der Waals surface area contributed by atoms with Crippen LogP contribution in [0.2, 0.25) is 0 Å². The van der Waals surface area contributed by atoms with Crippen molar-refractivity contribution < 1.29 is 9.13 Å². The fourth-order valence-corrected chi connectivity index (χ4v) is 2.87. The molecule has 0 spiro atoms. The van der Waals surface area contributed by atoms with Crippen LogP contribution >= 0.6 is 0 Å². The first-order valence-corrected chi connectivity index (χ1v) is 7.49. The molecule has 0 saturated heterocycles. The molecular formula is C17H18FN3O3. The molecule has 0 radical (unpaired) electrons. The maximum absolute atomic E-state index is 13.3.